The van der Waals surface area contributed by atoms with Gasteiger partial charge >= 0.3 is 0 Å². The van der Waals surface area contributed by atoms with Gasteiger partial charge in [0.2, 0.25) is 11.8 Å². The van der Waals surface area contributed by atoms with Gasteiger partial charge in [0.05, 0.1) is 0 Å². The molecule has 4 heteroatoms. The summed E-state index contributed by atoms with van der Waals surface area (Å²) in [5.41, 5.74) is 2.98. The standard InChI is InChI=1S/C22H28N2O2/c1-16(2)19-10-12-20(13-11-19)23-21(25)14-22(26)24(17(3)4)15-18-8-6-5-7-9-18/h5-13,16-17H,14-15H2,1-4H3,(H,23,25). The van der Waals surface area contributed by atoms with Gasteiger partial charge in [-0.1, -0.05) is 56.3 Å². The van der Waals surface area contributed by atoms with Gasteiger partial charge < -0.3 is 10.2 Å². The van der Waals surface area contributed by atoms with Gasteiger partial charge in [-0.2, -0.15) is 0 Å². The van der Waals surface area contributed by atoms with Gasteiger partial charge in [-0.05, 0) is 43.0 Å². The van der Waals surface area contributed by atoms with E-state index in [-0.39, 0.29) is 24.3 Å². The Balaban J connectivity index is 1.96. The second-order valence-electron chi connectivity index (χ2n) is 7.10. The molecule has 0 spiro atoms. The monoisotopic (exact) mass is 352 g/mol. The molecule has 0 aliphatic heterocycles. The molecule has 26 heavy (non-hydrogen) atoms. The molecule has 0 unspecified atom stereocenters. The van der Waals surface area contributed by atoms with Gasteiger partial charge in [-0.15, -0.1) is 0 Å². The molecule has 138 valence electrons. The Hall–Kier alpha value is -2.62. The van der Waals surface area contributed by atoms with Crippen LogP contribution in [0.2, 0.25) is 0 Å². The molecular formula is C22H28N2O2. The molecule has 0 atom stereocenters. The molecule has 2 amide bonds. The minimum absolute atomic E-state index is 0.0285. The number of amides is 2. The number of hydrogen-bond acceptors (Lipinski definition) is 2. The van der Waals surface area contributed by atoms with Crippen molar-refractivity contribution in [2.45, 2.75) is 52.6 Å². The number of carbonyl (C=O) groups is 2. The van der Waals surface area contributed by atoms with Crippen LogP contribution in [0.15, 0.2) is 54.6 Å². The van der Waals surface area contributed by atoms with Crippen molar-refractivity contribution >= 4 is 17.5 Å². The highest BCUT2D eigenvalue weighted by molar-refractivity contribution is 6.03. The van der Waals surface area contributed by atoms with E-state index in [4.69, 9.17) is 0 Å². The number of benzene rings is 2. The lowest BCUT2D eigenvalue weighted by Crippen LogP contribution is -2.38. The SMILES string of the molecule is CC(C)c1ccc(NC(=O)CC(=O)N(Cc2ccccc2)C(C)C)cc1. The molecule has 2 aromatic carbocycles. The predicted molar refractivity (Wildman–Crippen MR) is 106 cm³/mol. The van der Waals surface area contributed by atoms with Gasteiger partial charge in [0.25, 0.3) is 0 Å². The Morgan fingerprint density at radius 1 is 0.923 bits per heavy atom. The molecule has 4 nitrogen and oxygen atoms in total. The van der Waals surface area contributed by atoms with Crippen molar-refractivity contribution in [3.05, 3.63) is 65.7 Å². The third-order valence-electron chi connectivity index (χ3n) is 4.31. The van der Waals surface area contributed by atoms with E-state index >= 15 is 0 Å². The normalized spacial score (nSPS) is 10.8. The first-order valence-corrected chi connectivity index (χ1v) is 9.10. The zero-order chi connectivity index (χ0) is 19.1. The van der Waals surface area contributed by atoms with Crippen LogP contribution in [-0.2, 0) is 16.1 Å². The van der Waals surface area contributed by atoms with E-state index in [0.717, 1.165) is 5.56 Å². The van der Waals surface area contributed by atoms with E-state index < -0.39 is 0 Å². The Labute approximate surface area is 156 Å². The first-order valence-electron chi connectivity index (χ1n) is 9.10. The fraction of sp³-hybridized carbons (Fsp3) is 0.364. The molecule has 2 rings (SSSR count). The maximum Gasteiger partial charge on any atom is 0.233 e. The van der Waals surface area contributed by atoms with E-state index in [9.17, 15) is 9.59 Å². The van der Waals surface area contributed by atoms with Crippen molar-refractivity contribution in [2.75, 3.05) is 5.32 Å². The number of hydrogen-bond donors (Lipinski definition) is 1. The molecular weight excluding hydrogens is 324 g/mol. The molecule has 1 N–H and O–H groups in total. The number of nitrogens with one attached hydrogen (secondary N) is 1. The second kappa shape index (κ2) is 9.18. The van der Waals surface area contributed by atoms with Crippen molar-refractivity contribution in [3.8, 4) is 0 Å². The first-order chi connectivity index (χ1) is 12.4. The highest BCUT2D eigenvalue weighted by Gasteiger charge is 2.20. The maximum absolute atomic E-state index is 12.6. The molecule has 2 aromatic rings. The lowest BCUT2D eigenvalue weighted by atomic mass is 10.0. The summed E-state index contributed by atoms with van der Waals surface area (Å²) in [6.45, 7) is 8.68. The smallest absolute Gasteiger partial charge is 0.233 e. The number of nitrogens with zero attached hydrogens (tertiary/aromatic N) is 1. The quantitative estimate of drug-likeness (QED) is 0.742. The van der Waals surface area contributed by atoms with Crippen molar-refractivity contribution < 1.29 is 9.59 Å². The molecule has 0 bridgehead atoms. The van der Waals surface area contributed by atoms with Crippen molar-refractivity contribution in [1.29, 1.82) is 0 Å². The molecule has 0 aliphatic rings. The van der Waals surface area contributed by atoms with Gasteiger partial charge in [0.15, 0.2) is 0 Å². The maximum atomic E-state index is 12.6. The average molecular weight is 352 g/mol. The molecule has 0 saturated heterocycles. The minimum Gasteiger partial charge on any atom is -0.336 e. The third-order valence-corrected chi connectivity index (χ3v) is 4.31. The van der Waals surface area contributed by atoms with Gasteiger partial charge in [-0.25, -0.2) is 0 Å². The van der Waals surface area contributed by atoms with Crippen LogP contribution in [-0.4, -0.2) is 22.8 Å². The summed E-state index contributed by atoms with van der Waals surface area (Å²) >= 11 is 0. The van der Waals surface area contributed by atoms with Crippen LogP contribution in [0.1, 0.15) is 51.2 Å². The lowest BCUT2D eigenvalue weighted by Gasteiger charge is -2.26. The van der Waals surface area contributed by atoms with E-state index in [0.29, 0.717) is 18.2 Å². The number of anilines is 1. The highest BCUT2D eigenvalue weighted by Crippen LogP contribution is 2.17. The van der Waals surface area contributed by atoms with Crippen LogP contribution in [0.25, 0.3) is 0 Å². The summed E-state index contributed by atoms with van der Waals surface area (Å²) < 4.78 is 0. The van der Waals surface area contributed by atoms with Crippen LogP contribution in [0.5, 0.6) is 0 Å². The van der Waals surface area contributed by atoms with Crippen LogP contribution in [0.4, 0.5) is 5.69 Å². The molecule has 0 heterocycles. The first kappa shape index (κ1) is 19.7. The van der Waals surface area contributed by atoms with Crippen LogP contribution < -0.4 is 5.32 Å². The lowest BCUT2D eigenvalue weighted by molar-refractivity contribution is -0.136. The van der Waals surface area contributed by atoms with Crippen molar-refractivity contribution in [3.63, 3.8) is 0 Å². The summed E-state index contributed by atoms with van der Waals surface area (Å²) in [4.78, 5) is 26.6. The second-order valence-corrected chi connectivity index (χ2v) is 7.10. The van der Waals surface area contributed by atoms with Crippen LogP contribution in [0.3, 0.4) is 0 Å². The average Bonchev–Trinajstić information content (AvgIpc) is 2.60. The fourth-order valence-electron chi connectivity index (χ4n) is 2.73. The van der Waals surface area contributed by atoms with E-state index in [1.807, 2.05) is 68.4 Å². The largest absolute Gasteiger partial charge is 0.336 e. The highest BCUT2D eigenvalue weighted by atomic mass is 16.2. The fourth-order valence-corrected chi connectivity index (χ4v) is 2.73. The van der Waals surface area contributed by atoms with Gasteiger partial charge in [0, 0.05) is 18.3 Å². The molecule has 0 aliphatic carbocycles. The van der Waals surface area contributed by atoms with Crippen LogP contribution in [0, 0.1) is 0 Å². The number of carbonyl (C=O) groups excluding carboxylic acids is 2. The third kappa shape index (κ3) is 5.73. The summed E-state index contributed by atoms with van der Waals surface area (Å²) in [6.07, 6.45) is -0.156. The molecule has 0 fully saturated rings. The summed E-state index contributed by atoms with van der Waals surface area (Å²) in [6, 6.07) is 17.6. The Morgan fingerprint density at radius 2 is 1.54 bits per heavy atom. The van der Waals surface area contributed by atoms with Crippen LogP contribution >= 0.6 is 0 Å². The molecule has 0 radical (unpaired) electrons. The summed E-state index contributed by atoms with van der Waals surface area (Å²) in [5, 5.41) is 2.81. The minimum atomic E-state index is -0.286. The Kier molecular flexibility index (Phi) is 6.96. The predicted octanol–water partition coefficient (Wildman–Crippen LogP) is 4.58. The zero-order valence-corrected chi connectivity index (χ0v) is 16.0. The molecule has 0 aromatic heterocycles. The van der Waals surface area contributed by atoms with Gasteiger partial charge in [0.1, 0.15) is 6.42 Å². The topological polar surface area (TPSA) is 49.4 Å². The van der Waals surface area contributed by atoms with Crippen molar-refractivity contribution in [1.82, 2.24) is 4.90 Å². The summed E-state index contributed by atoms with van der Waals surface area (Å²) in [5.74, 6) is -0.00919. The zero-order valence-electron chi connectivity index (χ0n) is 16.0. The Bertz CT molecular complexity index is 722. The van der Waals surface area contributed by atoms with Crippen molar-refractivity contribution in [2.24, 2.45) is 0 Å². The number of rotatable bonds is 7. The summed E-state index contributed by atoms with van der Waals surface area (Å²) in [7, 11) is 0. The molecule has 0 saturated carbocycles. The van der Waals surface area contributed by atoms with Gasteiger partial charge in [-0.3, -0.25) is 9.59 Å². The Morgan fingerprint density at radius 3 is 2.08 bits per heavy atom. The van der Waals surface area contributed by atoms with E-state index in [1.54, 1.807) is 4.90 Å². The van der Waals surface area contributed by atoms with E-state index in [1.165, 1.54) is 5.56 Å². The van der Waals surface area contributed by atoms with E-state index in [2.05, 4.69) is 19.2 Å².